The Morgan fingerprint density at radius 1 is 1.46 bits per heavy atom. The second-order valence-corrected chi connectivity index (χ2v) is 2.29. The molecule has 0 bridgehead atoms. The summed E-state index contributed by atoms with van der Waals surface area (Å²) < 4.78 is 0. The van der Waals surface area contributed by atoms with Crippen LogP contribution in [-0.2, 0) is 4.84 Å². The van der Waals surface area contributed by atoms with Crippen LogP contribution in [0.1, 0.15) is 10.4 Å². The van der Waals surface area contributed by atoms with Gasteiger partial charge in [0.15, 0.2) is 0 Å². The number of hydroxylamine groups is 1. The van der Waals surface area contributed by atoms with Gasteiger partial charge in [0, 0.05) is 5.56 Å². The van der Waals surface area contributed by atoms with Crippen molar-refractivity contribution in [1.29, 1.82) is 0 Å². The van der Waals surface area contributed by atoms with Crippen molar-refractivity contribution in [3.05, 3.63) is 35.9 Å². The van der Waals surface area contributed by atoms with Gasteiger partial charge in [-0.2, -0.15) is 0 Å². The Morgan fingerprint density at radius 2 is 2.15 bits per heavy atom. The van der Waals surface area contributed by atoms with Crippen LogP contribution < -0.4 is 5.48 Å². The first-order valence-electron chi connectivity index (χ1n) is 3.75. The lowest BCUT2D eigenvalue weighted by molar-refractivity contribution is 0.0438. The van der Waals surface area contributed by atoms with Gasteiger partial charge in [0.2, 0.25) is 0 Å². The molecule has 0 aliphatic heterocycles. The van der Waals surface area contributed by atoms with E-state index in [1.165, 1.54) is 0 Å². The predicted molar refractivity (Wildman–Crippen MR) is 48.7 cm³/mol. The minimum atomic E-state index is -0.296. The van der Waals surface area contributed by atoms with Crippen LogP contribution in [0.25, 0.3) is 0 Å². The molecule has 1 aromatic rings. The summed E-state index contributed by atoms with van der Waals surface area (Å²) in [5.41, 5.74) is 2.76. The number of rotatable bonds is 3. The van der Waals surface area contributed by atoms with Crippen molar-refractivity contribution in [2.45, 2.75) is 0 Å². The quantitative estimate of drug-likeness (QED) is 0.422. The molecule has 0 aliphatic rings. The third kappa shape index (κ3) is 2.97. The Hall–Kier alpha value is -1.79. The first-order valence-corrected chi connectivity index (χ1v) is 3.75. The molecule has 66 valence electrons. The SMILES string of the molecule is C#CCONC(=O)c1ccccc1. The first-order chi connectivity index (χ1) is 6.34. The van der Waals surface area contributed by atoms with Gasteiger partial charge in [0.05, 0.1) is 0 Å². The molecule has 0 saturated heterocycles. The highest BCUT2D eigenvalue weighted by Crippen LogP contribution is 1.97. The lowest BCUT2D eigenvalue weighted by Gasteiger charge is -2.01. The van der Waals surface area contributed by atoms with E-state index in [9.17, 15) is 4.79 Å². The van der Waals surface area contributed by atoms with Gasteiger partial charge < -0.3 is 0 Å². The summed E-state index contributed by atoms with van der Waals surface area (Å²) in [4.78, 5) is 15.9. The Balaban J connectivity index is 2.46. The molecule has 1 N–H and O–H groups in total. The molecular formula is C10H9NO2. The molecule has 0 saturated carbocycles. The van der Waals surface area contributed by atoms with Gasteiger partial charge in [0.1, 0.15) is 6.61 Å². The van der Waals surface area contributed by atoms with Crippen LogP contribution in [-0.4, -0.2) is 12.5 Å². The number of nitrogens with one attached hydrogen (secondary N) is 1. The van der Waals surface area contributed by atoms with E-state index in [0.29, 0.717) is 5.56 Å². The molecule has 0 aliphatic carbocycles. The van der Waals surface area contributed by atoms with E-state index in [1.54, 1.807) is 24.3 Å². The van der Waals surface area contributed by atoms with Crippen LogP contribution in [0.4, 0.5) is 0 Å². The highest BCUT2D eigenvalue weighted by molar-refractivity contribution is 5.93. The van der Waals surface area contributed by atoms with Crippen molar-refractivity contribution in [1.82, 2.24) is 5.48 Å². The highest BCUT2D eigenvalue weighted by atomic mass is 16.6. The molecule has 0 heterocycles. The number of benzene rings is 1. The Kier molecular flexibility index (Phi) is 3.55. The van der Waals surface area contributed by atoms with Crippen LogP contribution in [0.3, 0.4) is 0 Å². The molecule has 3 nitrogen and oxygen atoms in total. The summed E-state index contributed by atoms with van der Waals surface area (Å²) in [5, 5.41) is 0. The molecule has 0 unspecified atom stereocenters. The van der Waals surface area contributed by atoms with Crippen molar-refractivity contribution in [3.8, 4) is 12.3 Å². The Bertz CT molecular complexity index is 313. The summed E-state index contributed by atoms with van der Waals surface area (Å²) in [6.07, 6.45) is 4.93. The number of terminal acetylenes is 1. The van der Waals surface area contributed by atoms with Crippen molar-refractivity contribution in [3.63, 3.8) is 0 Å². The van der Waals surface area contributed by atoms with E-state index in [-0.39, 0.29) is 12.5 Å². The lowest BCUT2D eigenvalue weighted by atomic mass is 10.2. The van der Waals surface area contributed by atoms with Gasteiger partial charge in [-0.3, -0.25) is 9.63 Å². The summed E-state index contributed by atoms with van der Waals surface area (Å²) in [7, 11) is 0. The predicted octanol–water partition coefficient (Wildman–Crippen LogP) is 0.981. The number of carbonyl (C=O) groups excluding carboxylic acids is 1. The van der Waals surface area contributed by atoms with Gasteiger partial charge in [-0.15, -0.1) is 6.42 Å². The molecule has 0 atom stereocenters. The third-order valence-electron chi connectivity index (χ3n) is 1.36. The van der Waals surface area contributed by atoms with Crippen LogP contribution in [0.5, 0.6) is 0 Å². The van der Waals surface area contributed by atoms with E-state index in [1.807, 2.05) is 6.07 Å². The van der Waals surface area contributed by atoms with Crippen LogP contribution in [0, 0.1) is 12.3 Å². The molecule has 1 aromatic carbocycles. The Labute approximate surface area is 76.7 Å². The fourth-order valence-corrected chi connectivity index (χ4v) is 0.792. The van der Waals surface area contributed by atoms with Gasteiger partial charge in [-0.25, -0.2) is 5.48 Å². The highest BCUT2D eigenvalue weighted by Gasteiger charge is 2.02. The molecule has 0 spiro atoms. The zero-order chi connectivity index (χ0) is 9.52. The topological polar surface area (TPSA) is 38.3 Å². The first kappa shape index (κ1) is 9.30. The molecule has 0 radical (unpaired) electrons. The summed E-state index contributed by atoms with van der Waals surface area (Å²) >= 11 is 0. The number of amides is 1. The summed E-state index contributed by atoms with van der Waals surface area (Å²) in [5.74, 6) is 1.94. The largest absolute Gasteiger partial charge is 0.274 e. The molecule has 1 amide bonds. The van der Waals surface area contributed by atoms with Crippen molar-refractivity contribution < 1.29 is 9.63 Å². The zero-order valence-corrected chi connectivity index (χ0v) is 6.99. The van der Waals surface area contributed by atoms with Gasteiger partial charge in [-0.05, 0) is 12.1 Å². The molecule has 3 heteroatoms. The van der Waals surface area contributed by atoms with Gasteiger partial charge >= 0.3 is 0 Å². The second kappa shape index (κ2) is 4.96. The third-order valence-corrected chi connectivity index (χ3v) is 1.36. The van der Waals surface area contributed by atoms with E-state index in [0.717, 1.165) is 0 Å². The monoisotopic (exact) mass is 175 g/mol. The molecule has 1 rings (SSSR count). The molecule has 0 aromatic heterocycles. The maximum atomic E-state index is 11.2. The average molecular weight is 175 g/mol. The molecule has 13 heavy (non-hydrogen) atoms. The lowest BCUT2D eigenvalue weighted by Crippen LogP contribution is -2.23. The second-order valence-electron chi connectivity index (χ2n) is 2.29. The van der Waals surface area contributed by atoms with E-state index < -0.39 is 0 Å². The minimum absolute atomic E-state index is 0.0680. The van der Waals surface area contributed by atoms with Crippen molar-refractivity contribution in [2.24, 2.45) is 0 Å². The number of hydrogen-bond acceptors (Lipinski definition) is 2. The maximum Gasteiger partial charge on any atom is 0.274 e. The average Bonchev–Trinajstić information content (AvgIpc) is 2.19. The molecule has 0 fully saturated rings. The van der Waals surface area contributed by atoms with E-state index in [2.05, 4.69) is 16.2 Å². The van der Waals surface area contributed by atoms with Crippen LogP contribution in [0.15, 0.2) is 30.3 Å². The van der Waals surface area contributed by atoms with Gasteiger partial charge in [-0.1, -0.05) is 24.1 Å². The maximum absolute atomic E-state index is 11.2. The fraction of sp³-hybridized carbons (Fsp3) is 0.100. The molecular weight excluding hydrogens is 166 g/mol. The normalized spacial score (nSPS) is 8.85. The number of hydrogen-bond donors (Lipinski definition) is 1. The minimum Gasteiger partial charge on any atom is -0.267 e. The smallest absolute Gasteiger partial charge is 0.267 e. The van der Waals surface area contributed by atoms with Crippen molar-refractivity contribution in [2.75, 3.05) is 6.61 Å². The van der Waals surface area contributed by atoms with Crippen LogP contribution in [0.2, 0.25) is 0 Å². The van der Waals surface area contributed by atoms with Gasteiger partial charge in [0.25, 0.3) is 5.91 Å². The number of carbonyl (C=O) groups is 1. The summed E-state index contributed by atoms with van der Waals surface area (Å²) in [6.45, 7) is 0.0680. The Morgan fingerprint density at radius 3 is 2.77 bits per heavy atom. The van der Waals surface area contributed by atoms with Crippen molar-refractivity contribution >= 4 is 5.91 Å². The van der Waals surface area contributed by atoms with E-state index in [4.69, 9.17) is 6.42 Å². The fourth-order valence-electron chi connectivity index (χ4n) is 0.792. The van der Waals surface area contributed by atoms with E-state index >= 15 is 0 Å². The standard InChI is InChI=1S/C10H9NO2/c1-2-8-13-11-10(12)9-6-4-3-5-7-9/h1,3-7H,8H2,(H,11,12). The zero-order valence-electron chi connectivity index (χ0n) is 6.99. The van der Waals surface area contributed by atoms with Crippen LogP contribution >= 0.6 is 0 Å². The summed E-state index contributed by atoms with van der Waals surface area (Å²) in [6, 6.07) is 8.76.